The monoisotopic (exact) mass is 653 g/mol. The third-order valence-corrected chi connectivity index (χ3v) is 13.6. The van der Waals surface area contributed by atoms with Gasteiger partial charge in [-0.25, -0.2) is 0 Å². The Morgan fingerprint density at radius 2 is 1.19 bits per heavy atom. The van der Waals surface area contributed by atoms with E-state index in [0.29, 0.717) is 36.2 Å². The number of ether oxygens (including phenoxy) is 1. The quantitative estimate of drug-likeness (QED) is 0.0663. The molecule has 0 N–H and O–H groups in total. The zero-order valence-corrected chi connectivity index (χ0v) is 31.2. The van der Waals surface area contributed by atoms with Gasteiger partial charge in [-0.05, 0) is 61.7 Å². The Labute approximate surface area is 289 Å². The van der Waals surface area contributed by atoms with Gasteiger partial charge in [0.2, 0.25) is 0 Å². The first-order chi connectivity index (χ1) is 22.7. The summed E-state index contributed by atoms with van der Waals surface area (Å²) in [5.74, 6) is 1.61. The first-order valence-corrected chi connectivity index (χ1v) is 20.6. The summed E-state index contributed by atoms with van der Waals surface area (Å²) in [6.45, 7) is 8.42. The molecule has 1 unspecified atom stereocenters. The molecule has 4 heteroatoms. The fourth-order valence-electron chi connectivity index (χ4n) is 10.6. The summed E-state index contributed by atoms with van der Waals surface area (Å²) < 4.78 is 5.68. The molecular formula is C43H72O4. The highest BCUT2D eigenvalue weighted by Crippen LogP contribution is 2.65. The van der Waals surface area contributed by atoms with Gasteiger partial charge in [-0.3, -0.25) is 14.4 Å². The minimum atomic E-state index is -0.246. The van der Waals surface area contributed by atoms with Crippen molar-refractivity contribution in [1.29, 1.82) is 0 Å². The molecule has 0 aromatic carbocycles. The fourth-order valence-corrected chi connectivity index (χ4v) is 10.6. The molecule has 0 heterocycles. The Kier molecular flexibility index (Phi) is 15.6. The van der Waals surface area contributed by atoms with Crippen molar-refractivity contribution < 1.29 is 19.1 Å². The maximum atomic E-state index is 14.0. The predicted octanol–water partition coefficient (Wildman–Crippen LogP) is 12.1. The van der Waals surface area contributed by atoms with Gasteiger partial charge in [-0.15, -0.1) is 0 Å². The van der Waals surface area contributed by atoms with Gasteiger partial charge in [0.25, 0.3) is 0 Å². The van der Waals surface area contributed by atoms with Crippen molar-refractivity contribution in [2.75, 3.05) is 0 Å². The van der Waals surface area contributed by atoms with E-state index in [1.54, 1.807) is 0 Å². The van der Waals surface area contributed by atoms with Crippen LogP contribution in [0.1, 0.15) is 201 Å². The Hall–Kier alpha value is -1.45. The smallest absolute Gasteiger partial charge is 0.302 e. The third-order valence-electron chi connectivity index (χ3n) is 13.6. The number of allylic oxidation sites excluding steroid dienone is 1. The first-order valence-electron chi connectivity index (χ1n) is 20.6. The summed E-state index contributed by atoms with van der Waals surface area (Å²) in [4.78, 5) is 38.9. The van der Waals surface area contributed by atoms with Gasteiger partial charge in [-0.1, -0.05) is 148 Å². The van der Waals surface area contributed by atoms with Crippen LogP contribution in [0.2, 0.25) is 0 Å². The van der Waals surface area contributed by atoms with Gasteiger partial charge < -0.3 is 4.74 Å². The van der Waals surface area contributed by atoms with Crippen molar-refractivity contribution in [2.24, 2.45) is 34.5 Å². The first kappa shape index (κ1) is 38.4. The number of hydrogen-bond donors (Lipinski definition) is 0. The standard InChI is InChI=1S/C43H72O4/c1-5-6-7-8-9-10-11-12-13-14-15-16-17-18-19-20-21-22-23-24-39(45)36-32-34-31-35(47-33(2)44)27-29-42(34,3)38-28-30-43(4)37(41(36)38)25-26-40(43)46/h32,35-38,41H,5-31H2,1-4H3/t35-,36?,37-,38-,41-,42-,43-/m0/s1. The Balaban J connectivity index is 1.15. The van der Waals surface area contributed by atoms with E-state index in [-0.39, 0.29) is 34.7 Å². The molecule has 0 aromatic rings. The van der Waals surface area contributed by atoms with Crippen molar-refractivity contribution in [3.05, 3.63) is 11.6 Å². The summed E-state index contributed by atoms with van der Waals surface area (Å²) in [6, 6.07) is 0. The molecule has 3 saturated carbocycles. The number of rotatable bonds is 22. The average molecular weight is 653 g/mol. The van der Waals surface area contributed by atoms with Crippen LogP contribution in [0.25, 0.3) is 0 Å². The van der Waals surface area contributed by atoms with Crippen LogP contribution in [-0.4, -0.2) is 23.6 Å². The fraction of sp³-hybridized carbons (Fsp3) is 0.884. The molecule has 0 aromatic heterocycles. The van der Waals surface area contributed by atoms with Gasteiger partial charge in [0.15, 0.2) is 0 Å². The van der Waals surface area contributed by atoms with Crippen LogP contribution in [0, 0.1) is 34.5 Å². The molecule has 4 aliphatic carbocycles. The Morgan fingerprint density at radius 1 is 0.702 bits per heavy atom. The van der Waals surface area contributed by atoms with E-state index < -0.39 is 0 Å². The lowest BCUT2D eigenvalue weighted by molar-refractivity contribution is -0.150. The number of esters is 1. The van der Waals surface area contributed by atoms with E-state index in [1.807, 2.05) is 0 Å². The second-order valence-corrected chi connectivity index (χ2v) is 16.9. The molecule has 4 nitrogen and oxygen atoms in total. The molecule has 0 saturated heterocycles. The molecule has 0 radical (unpaired) electrons. The van der Waals surface area contributed by atoms with Crippen molar-refractivity contribution in [1.82, 2.24) is 0 Å². The topological polar surface area (TPSA) is 60.4 Å². The van der Waals surface area contributed by atoms with Gasteiger partial charge in [-0.2, -0.15) is 0 Å². The lowest BCUT2D eigenvalue weighted by Crippen LogP contribution is -2.54. The minimum Gasteiger partial charge on any atom is -0.462 e. The molecule has 0 amide bonds. The van der Waals surface area contributed by atoms with E-state index in [1.165, 1.54) is 122 Å². The van der Waals surface area contributed by atoms with E-state index in [0.717, 1.165) is 51.4 Å². The highest BCUT2D eigenvalue weighted by molar-refractivity contribution is 5.88. The molecule has 47 heavy (non-hydrogen) atoms. The second kappa shape index (κ2) is 19.1. The van der Waals surface area contributed by atoms with Crippen molar-refractivity contribution in [3.63, 3.8) is 0 Å². The maximum Gasteiger partial charge on any atom is 0.302 e. The number of Topliss-reactive ketones (excluding diaryl/α,β-unsaturated/α-hetero) is 2. The molecular weight excluding hydrogens is 580 g/mol. The molecule has 268 valence electrons. The van der Waals surface area contributed by atoms with E-state index >= 15 is 0 Å². The maximum absolute atomic E-state index is 14.0. The number of fused-ring (bicyclic) bond motifs is 5. The molecule has 3 fully saturated rings. The van der Waals surface area contributed by atoms with E-state index in [4.69, 9.17) is 4.74 Å². The number of ketones is 2. The number of hydrogen-bond acceptors (Lipinski definition) is 4. The molecule has 0 spiro atoms. The van der Waals surface area contributed by atoms with Gasteiger partial charge in [0, 0.05) is 37.5 Å². The summed E-state index contributed by atoms with van der Waals surface area (Å²) >= 11 is 0. The van der Waals surface area contributed by atoms with Crippen LogP contribution in [0.15, 0.2) is 11.6 Å². The predicted molar refractivity (Wildman–Crippen MR) is 194 cm³/mol. The lowest BCUT2D eigenvalue weighted by atomic mass is 9.45. The number of unbranched alkanes of at least 4 members (excludes halogenated alkanes) is 18. The van der Waals surface area contributed by atoms with E-state index in [9.17, 15) is 14.4 Å². The summed E-state index contributed by atoms with van der Waals surface area (Å²) in [7, 11) is 0. The number of carbonyl (C=O) groups is 3. The minimum absolute atomic E-state index is 0.0539. The Morgan fingerprint density at radius 3 is 1.72 bits per heavy atom. The van der Waals surface area contributed by atoms with E-state index in [2.05, 4.69) is 26.8 Å². The van der Waals surface area contributed by atoms with Gasteiger partial charge in [0.05, 0.1) is 0 Å². The van der Waals surface area contributed by atoms with Gasteiger partial charge >= 0.3 is 5.97 Å². The average Bonchev–Trinajstić information content (AvgIpc) is 3.35. The highest BCUT2D eigenvalue weighted by Gasteiger charge is 2.61. The highest BCUT2D eigenvalue weighted by atomic mass is 16.5. The molecule has 7 atom stereocenters. The number of carbonyl (C=O) groups excluding carboxylic acids is 3. The lowest BCUT2D eigenvalue weighted by Gasteiger charge is -2.58. The van der Waals surface area contributed by atoms with Crippen molar-refractivity contribution in [2.45, 2.75) is 207 Å². The van der Waals surface area contributed by atoms with Crippen molar-refractivity contribution in [3.8, 4) is 0 Å². The largest absolute Gasteiger partial charge is 0.462 e. The van der Waals surface area contributed by atoms with Crippen LogP contribution < -0.4 is 0 Å². The molecule has 0 bridgehead atoms. The summed E-state index contributed by atoms with van der Waals surface area (Å²) in [5.41, 5.74) is 1.16. The molecule has 4 rings (SSSR count). The summed E-state index contributed by atoms with van der Waals surface area (Å²) in [5, 5.41) is 0. The normalized spacial score (nSPS) is 31.5. The van der Waals surface area contributed by atoms with Crippen LogP contribution >= 0.6 is 0 Å². The third kappa shape index (κ3) is 10.3. The zero-order valence-electron chi connectivity index (χ0n) is 31.2. The SMILES string of the molecule is CCCCCCCCCCCCCCCCCCCCCC(=O)C1C=C2C[C@@H](OC(C)=O)CC[C@]2(C)[C@H]2CC[C@]3(C)C(=O)CC[C@H]3[C@H]12. The Bertz CT molecular complexity index is 1030. The van der Waals surface area contributed by atoms with Crippen LogP contribution in [-0.2, 0) is 19.1 Å². The summed E-state index contributed by atoms with van der Waals surface area (Å²) in [6.07, 6.45) is 35.1. The van der Waals surface area contributed by atoms with Gasteiger partial charge in [0.1, 0.15) is 17.7 Å². The van der Waals surface area contributed by atoms with Crippen LogP contribution in [0.3, 0.4) is 0 Å². The van der Waals surface area contributed by atoms with Crippen molar-refractivity contribution >= 4 is 17.5 Å². The van der Waals surface area contributed by atoms with Crippen LogP contribution in [0.5, 0.6) is 0 Å². The molecule has 4 aliphatic rings. The second-order valence-electron chi connectivity index (χ2n) is 16.9. The van der Waals surface area contributed by atoms with Crippen LogP contribution in [0.4, 0.5) is 0 Å². The molecule has 0 aliphatic heterocycles. The zero-order chi connectivity index (χ0) is 33.7.